The number of allylic oxidation sites excluding steroid dienone is 1. The van der Waals surface area contributed by atoms with E-state index in [0.717, 1.165) is 50.6 Å². The number of benzene rings is 1. The van der Waals surface area contributed by atoms with Crippen LogP contribution in [-0.2, 0) is 6.54 Å². The van der Waals surface area contributed by atoms with Gasteiger partial charge in [-0.05, 0) is 36.6 Å². The van der Waals surface area contributed by atoms with Crippen molar-refractivity contribution in [2.24, 2.45) is 5.41 Å². The number of nitrogens with one attached hydrogen (secondary N) is 2. The van der Waals surface area contributed by atoms with Crippen molar-refractivity contribution < 1.29 is 17.6 Å². The molecule has 12 heteroatoms. The third kappa shape index (κ3) is 4.78. The lowest BCUT2D eigenvalue weighted by atomic mass is 9.74. The predicted octanol–water partition coefficient (Wildman–Crippen LogP) is 4.30. The van der Waals surface area contributed by atoms with Crippen molar-refractivity contribution >= 4 is 23.1 Å². The lowest BCUT2D eigenvalue weighted by molar-refractivity contribution is -0.0444. The molecule has 1 aromatic carbocycles. The number of hydrogen-bond donors (Lipinski definition) is 3. The van der Waals surface area contributed by atoms with E-state index in [1.165, 1.54) is 11.0 Å². The van der Waals surface area contributed by atoms with Crippen molar-refractivity contribution in [3.05, 3.63) is 66.1 Å². The van der Waals surface area contributed by atoms with Gasteiger partial charge in [0, 0.05) is 55.6 Å². The summed E-state index contributed by atoms with van der Waals surface area (Å²) in [5, 5.41) is 6.27. The Balaban J connectivity index is 1.21. The SMILES string of the molecule is C=C1CC[C@@H](C(F)F)N1c1cc(-c2nc(Nc3ccc(CN4CC5(CNC5)C4)cn3)ncc2F)cc(F)c1N. The van der Waals surface area contributed by atoms with Crippen LogP contribution in [0.4, 0.5) is 40.7 Å². The first kappa shape index (κ1) is 25.5. The van der Waals surface area contributed by atoms with Crippen molar-refractivity contribution in [3.8, 4) is 11.3 Å². The maximum absolute atomic E-state index is 14.9. The third-order valence-corrected chi connectivity index (χ3v) is 7.67. The van der Waals surface area contributed by atoms with Crippen molar-refractivity contribution in [1.29, 1.82) is 0 Å². The van der Waals surface area contributed by atoms with Crippen LogP contribution in [0.25, 0.3) is 11.3 Å². The highest BCUT2D eigenvalue weighted by Crippen LogP contribution is 2.41. The Bertz CT molecular complexity index is 1400. The smallest absolute Gasteiger partial charge is 0.259 e. The minimum Gasteiger partial charge on any atom is -0.395 e. The molecule has 3 saturated heterocycles. The fraction of sp³-hybridized carbons (Fsp3) is 0.370. The molecular formula is C27H28F4N8. The molecule has 8 nitrogen and oxygen atoms in total. The summed E-state index contributed by atoms with van der Waals surface area (Å²) >= 11 is 0. The maximum atomic E-state index is 14.9. The zero-order valence-electron chi connectivity index (χ0n) is 21.1. The molecule has 204 valence electrons. The van der Waals surface area contributed by atoms with E-state index in [4.69, 9.17) is 5.73 Å². The first-order valence-corrected chi connectivity index (χ1v) is 12.7. The van der Waals surface area contributed by atoms with Gasteiger partial charge < -0.3 is 21.3 Å². The first-order valence-electron chi connectivity index (χ1n) is 12.7. The second-order valence-corrected chi connectivity index (χ2v) is 10.6. The quantitative estimate of drug-likeness (QED) is 0.302. The number of alkyl halides is 2. The molecule has 0 aliphatic carbocycles. The average Bonchev–Trinajstić information content (AvgIpc) is 3.25. The molecule has 39 heavy (non-hydrogen) atoms. The number of hydrogen-bond acceptors (Lipinski definition) is 8. The summed E-state index contributed by atoms with van der Waals surface area (Å²) in [5.41, 5.74) is 7.34. The molecule has 6 rings (SSSR count). The van der Waals surface area contributed by atoms with Gasteiger partial charge in [0.2, 0.25) is 5.95 Å². The average molecular weight is 541 g/mol. The van der Waals surface area contributed by atoms with Gasteiger partial charge in [0.05, 0.1) is 23.6 Å². The molecule has 5 heterocycles. The second-order valence-electron chi connectivity index (χ2n) is 10.6. The summed E-state index contributed by atoms with van der Waals surface area (Å²) in [4.78, 5) is 16.2. The van der Waals surface area contributed by atoms with Gasteiger partial charge in [0.1, 0.15) is 17.3 Å². The Morgan fingerprint density at radius 1 is 1.13 bits per heavy atom. The van der Waals surface area contributed by atoms with Crippen molar-refractivity contribution in [1.82, 2.24) is 25.2 Å². The summed E-state index contributed by atoms with van der Waals surface area (Å²) in [5.74, 6) is -1.18. The van der Waals surface area contributed by atoms with E-state index >= 15 is 0 Å². The van der Waals surface area contributed by atoms with Crippen LogP contribution in [0.1, 0.15) is 18.4 Å². The molecule has 2 aromatic heterocycles. The minimum atomic E-state index is -2.69. The Morgan fingerprint density at radius 2 is 1.92 bits per heavy atom. The Hall–Kier alpha value is -3.77. The Kier molecular flexibility index (Phi) is 6.38. The van der Waals surface area contributed by atoms with E-state index in [0.29, 0.717) is 23.4 Å². The number of aromatic nitrogens is 3. The summed E-state index contributed by atoms with van der Waals surface area (Å²) in [7, 11) is 0. The molecule has 0 unspecified atom stereocenters. The van der Waals surface area contributed by atoms with E-state index in [1.54, 1.807) is 12.3 Å². The highest BCUT2D eigenvalue weighted by molar-refractivity contribution is 5.79. The van der Waals surface area contributed by atoms with Crippen molar-refractivity contribution in [3.63, 3.8) is 0 Å². The standard InChI is InChI=1S/C27H28F4N8/c1-15-2-4-20(25(30)31)39(15)21-7-17(6-18(28)23(21)32)24-19(29)9-35-26(37-24)36-22-5-3-16(8-34-22)10-38-13-27(14-38)11-33-12-27/h3,5-9,20,25,33H,1-2,4,10-14,32H2,(H,34,35,36,37)/t20-/m0/s1. The van der Waals surface area contributed by atoms with Crippen LogP contribution in [0.3, 0.4) is 0 Å². The van der Waals surface area contributed by atoms with E-state index < -0.39 is 24.1 Å². The molecule has 3 aliphatic rings. The molecule has 3 aliphatic heterocycles. The number of halogens is 4. The number of nitrogens with two attached hydrogens (primary N) is 1. The molecule has 4 N–H and O–H groups in total. The summed E-state index contributed by atoms with van der Waals surface area (Å²) in [6.45, 7) is 8.96. The fourth-order valence-corrected chi connectivity index (χ4v) is 5.64. The summed E-state index contributed by atoms with van der Waals surface area (Å²) in [6.07, 6.45) is 0.501. The van der Waals surface area contributed by atoms with Gasteiger partial charge in [-0.25, -0.2) is 32.5 Å². The van der Waals surface area contributed by atoms with Gasteiger partial charge in [-0.3, -0.25) is 4.90 Å². The van der Waals surface area contributed by atoms with E-state index in [-0.39, 0.29) is 35.0 Å². The van der Waals surface area contributed by atoms with Crippen LogP contribution < -0.4 is 21.3 Å². The van der Waals surface area contributed by atoms with Crippen molar-refractivity contribution in [2.45, 2.75) is 31.9 Å². The zero-order chi connectivity index (χ0) is 27.3. The number of likely N-dealkylation sites (tertiary alicyclic amines) is 1. The molecule has 3 aromatic rings. The van der Waals surface area contributed by atoms with Crippen LogP contribution in [0, 0.1) is 17.0 Å². The van der Waals surface area contributed by atoms with Crippen LogP contribution >= 0.6 is 0 Å². The Labute approximate surface area is 222 Å². The van der Waals surface area contributed by atoms with Crippen LogP contribution in [0.15, 0.2) is 48.9 Å². The third-order valence-electron chi connectivity index (χ3n) is 7.67. The number of nitrogen functional groups attached to an aromatic ring is 1. The van der Waals surface area contributed by atoms with Crippen molar-refractivity contribution in [2.75, 3.05) is 42.1 Å². The molecule has 0 saturated carbocycles. The normalized spacial score (nSPS) is 20.4. The number of rotatable bonds is 7. The molecule has 1 atom stereocenters. The van der Waals surface area contributed by atoms with Gasteiger partial charge >= 0.3 is 0 Å². The van der Waals surface area contributed by atoms with Gasteiger partial charge in [-0.15, -0.1) is 0 Å². The van der Waals surface area contributed by atoms with Gasteiger partial charge in [-0.2, -0.15) is 0 Å². The number of anilines is 4. The predicted molar refractivity (Wildman–Crippen MR) is 141 cm³/mol. The largest absolute Gasteiger partial charge is 0.395 e. The molecule has 1 spiro atoms. The first-order chi connectivity index (χ1) is 18.7. The van der Waals surface area contributed by atoms with Crippen LogP contribution in [0.5, 0.6) is 0 Å². The van der Waals surface area contributed by atoms with Gasteiger partial charge in [0.15, 0.2) is 5.82 Å². The fourth-order valence-electron chi connectivity index (χ4n) is 5.64. The van der Waals surface area contributed by atoms with E-state index in [2.05, 4.69) is 37.1 Å². The highest BCUT2D eigenvalue weighted by atomic mass is 19.3. The minimum absolute atomic E-state index is 0.00395. The van der Waals surface area contributed by atoms with Gasteiger partial charge in [-0.1, -0.05) is 12.6 Å². The molecule has 0 amide bonds. The zero-order valence-corrected chi connectivity index (χ0v) is 21.1. The van der Waals surface area contributed by atoms with Crippen LogP contribution in [0.2, 0.25) is 0 Å². The van der Waals surface area contributed by atoms with Crippen LogP contribution in [-0.4, -0.2) is 58.5 Å². The monoisotopic (exact) mass is 540 g/mol. The van der Waals surface area contributed by atoms with Gasteiger partial charge in [0.25, 0.3) is 6.43 Å². The molecule has 0 bridgehead atoms. The maximum Gasteiger partial charge on any atom is 0.259 e. The Morgan fingerprint density at radius 3 is 2.59 bits per heavy atom. The lowest BCUT2D eigenvalue weighted by Gasteiger charge is -2.56. The lowest BCUT2D eigenvalue weighted by Crippen LogP contribution is -2.70. The number of pyridine rings is 1. The summed E-state index contributed by atoms with van der Waals surface area (Å²) < 4.78 is 57.0. The van der Waals surface area contributed by atoms with E-state index in [9.17, 15) is 17.6 Å². The topological polar surface area (TPSA) is 95.2 Å². The molecule has 3 fully saturated rings. The summed E-state index contributed by atoms with van der Waals surface area (Å²) in [6, 6.07) is 4.91. The highest BCUT2D eigenvalue weighted by Gasteiger charge is 2.47. The molecular weight excluding hydrogens is 512 g/mol. The number of nitrogens with zero attached hydrogens (tertiary/aromatic N) is 5. The molecule has 0 radical (unpaired) electrons. The van der Waals surface area contributed by atoms with E-state index in [1.807, 2.05) is 6.07 Å². The second kappa shape index (κ2) is 9.76.